The number of carbonyl (C=O) groups is 2. The van der Waals surface area contributed by atoms with Crippen LogP contribution in [0.3, 0.4) is 0 Å². The zero-order chi connectivity index (χ0) is 16.5. The van der Waals surface area contributed by atoms with Gasteiger partial charge in [-0.2, -0.15) is 5.10 Å². The van der Waals surface area contributed by atoms with Crippen molar-refractivity contribution in [2.75, 3.05) is 6.54 Å². The summed E-state index contributed by atoms with van der Waals surface area (Å²) in [6, 6.07) is 12.9. The normalized spacial score (nSPS) is 11.4. The molecule has 1 aromatic heterocycles. The standard InChI is InChI=1S/C17H17N3O3/c1-13(15-8-5-11-23-15)19-20-17(22)12-18-16(21)10-9-14-6-3-2-4-7-14/h2-11H,12H2,1H3,(H,18,21)(H,20,22)/b10-9+,19-13+. The fraction of sp³-hybridized carbons (Fsp3) is 0.118. The molecule has 0 aliphatic rings. The number of hydrogen-bond acceptors (Lipinski definition) is 4. The Labute approximate surface area is 133 Å². The van der Waals surface area contributed by atoms with E-state index in [-0.39, 0.29) is 12.5 Å². The van der Waals surface area contributed by atoms with Crippen LogP contribution in [-0.4, -0.2) is 24.1 Å². The molecule has 6 nitrogen and oxygen atoms in total. The molecule has 0 atom stereocenters. The molecule has 0 spiro atoms. The second kappa shape index (κ2) is 8.33. The Morgan fingerprint density at radius 2 is 1.96 bits per heavy atom. The highest BCUT2D eigenvalue weighted by Crippen LogP contribution is 2.01. The van der Waals surface area contributed by atoms with Gasteiger partial charge in [-0.15, -0.1) is 0 Å². The molecular weight excluding hydrogens is 294 g/mol. The maximum atomic E-state index is 11.6. The van der Waals surface area contributed by atoms with Crippen molar-refractivity contribution < 1.29 is 14.0 Å². The van der Waals surface area contributed by atoms with Gasteiger partial charge in [0.05, 0.1) is 12.8 Å². The Kier molecular flexibility index (Phi) is 5.88. The maximum Gasteiger partial charge on any atom is 0.259 e. The predicted molar refractivity (Wildman–Crippen MR) is 87.5 cm³/mol. The third-order valence-corrected chi connectivity index (χ3v) is 2.88. The summed E-state index contributed by atoms with van der Waals surface area (Å²) in [7, 11) is 0. The molecule has 118 valence electrons. The predicted octanol–water partition coefficient (Wildman–Crippen LogP) is 1.95. The molecule has 1 heterocycles. The quantitative estimate of drug-likeness (QED) is 0.486. The molecule has 0 radical (unpaired) electrons. The van der Waals surface area contributed by atoms with Crippen molar-refractivity contribution in [1.29, 1.82) is 0 Å². The van der Waals surface area contributed by atoms with Crippen LogP contribution in [0.5, 0.6) is 0 Å². The van der Waals surface area contributed by atoms with E-state index in [0.717, 1.165) is 5.56 Å². The number of furan rings is 1. The Hall–Kier alpha value is -3.15. The van der Waals surface area contributed by atoms with E-state index in [4.69, 9.17) is 4.42 Å². The molecule has 0 saturated carbocycles. The van der Waals surface area contributed by atoms with Crippen molar-refractivity contribution in [3.63, 3.8) is 0 Å². The summed E-state index contributed by atoms with van der Waals surface area (Å²) in [5.41, 5.74) is 3.80. The molecule has 1 aromatic carbocycles. The lowest BCUT2D eigenvalue weighted by atomic mass is 10.2. The zero-order valence-corrected chi connectivity index (χ0v) is 12.7. The Bertz CT molecular complexity index is 704. The van der Waals surface area contributed by atoms with E-state index in [1.807, 2.05) is 30.3 Å². The first-order chi connectivity index (χ1) is 11.1. The number of rotatable bonds is 6. The summed E-state index contributed by atoms with van der Waals surface area (Å²) in [4.78, 5) is 23.2. The number of carbonyl (C=O) groups excluding carboxylic acids is 2. The minimum absolute atomic E-state index is 0.160. The average Bonchev–Trinajstić information content (AvgIpc) is 3.11. The van der Waals surface area contributed by atoms with Crippen molar-refractivity contribution in [1.82, 2.24) is 10.7 Å². The van der Waals surface area contributed by atoms with E-state index in [9.17, 15) is 9.59 Å². The number of nitrogens with zero attached hydrogens (tertiary/aromatic N) is 1. The molecule has 2 rings (SSSR count). The Morgan fingerprint density at radius 1 is 1.17 bits per heavy atom. The second-order valence-electron chi connectivity index (χ2n) is 4.67. The third-order valence-electron chi connectivity index (χ3n) is 2.88. The summed E-state index contributed by atoms with van der Waals surface area (Å²) in [6.07, 6.45) is 4.57. The molecule has 0 aliphatic carbocycles. The molecule has 2 N–H and O–H groups in total. The van der Waals surface area contributed by atoms with Gasteiger partial charge in [-0.05, 0) is 30.7 Å². The van der Waals surface area contributed by atoms with E-state index in [0.29, 0.717) is 11.5 Å². The van der Waals surface area contributed by atoms with Crippen molar-refractivity contribution in [2.45, 2.75) is 6.92 Å². The molecular formula is C17H17N3O3. The van der Waals surface area contributed by atoms with Crippen molar-refractivity contribution in [3.05, 3.63) is 66.1 Å². The van der Waals surface area contributed by atoms with Gasteiger partial charge in [0.1, 0.15) is 11.5 Å². The minimum Gasteiger partial charge on any atom is -0.463 e. The lowest BCUT2D eigenvalue weighted by molar-refractivity contribution is -0.123. The molecule has 0 unspecified atom stereocenters. The van der Waals surface area contributed by atoms with Gasteiger partial charge in [-0.3, -0.25) is 9.59 Å². The molecule has 0 saturated heterocycles. The number of amides is 2. The second-order valence-corrected chi connectivity index (χ2v) is 4.67. The maximum absolute atomic E-state index is 11.6. The van der Waals surface area contributed by atoms with E-state index in [2.05, 4.69) is 15.8 Å². The average molecular weight is 311 g/mol. The van der Waals surface area contributed by atoms with Crippen molar-refractivity contribution in [3.8, 4) is 0 Å². The van der Waals surface area contributed by atoms with E-state index < -0.39 is 5.91 Å². The molecule has 0 aliphatic heterocycles. The number of hydrazone groups is 1. The Morgan fingerprint density at radius 3 is 2.65 bits per heavy atom. The molecule has 2 aromatic rings. The molecule has 0 bridgehead atoms. The number of hydrogen-bond donors (Lipinski definition) is 2. The van der Waals surface area contributed by atoms with E-state index in [1.54, 1.807) is 25.1 Å². The molecule has 6 heteroatoms. The summed E-state index contributed by atoms with van der Waals surface area (Å²) in [5, 5.41) is 6.37. The first kappa shape index (κ1) is 16.2. The molecule has 23 heavy (non-hydrogen) atoms. The summed E-state index contributed by atoms with van der Waals surface area (Å²) < 4.78 is 5.14. The van der Waals surface area contributed by atoms with Crippen LogP contribution in [0.2, 0.25) is 0 Å². The van der Waals surface area contributed by atoms with Crippen LogP contribution in [0.1, 0.15) is 18.2 Å². The SMILES string of the molecule is C/C(=N\NC(=O)CNC(=O)/C=C/c1ccccc1)c1ccco1. The largest absolute Gasteiger partial charge is 0.463 e. The highest BCUT2D eigenvalue weighted by atomic mass is 16.3. The third kappa shape index (κ3) is 5.62. The fourth-order valence-corrected chi connectivity index (χ4v) is 1.69. The van der Waals surface area contributed by atoms with E-state index >= 15 is 0 Å². The molecule has 0 fully saturated rings. The summed E-state index contributed by atoms with van der Waals surface area (Å²) in [5.74, 6) is -0.201. The van der Waals surface area contributed by atoms with Gasteiger partial charge < -0.3 is 9.73 Å². The van der Waals surface area contributed by atoms with Gasteiger partial charge in [0.25, 0.3) is 5.91 Å². The first-order valence-corrected chi connectivity index (χ1v) is 7.03. The lowest BCUT2D eigenvalue weighted by Gasteiger charge is -2.02. The monoisotopic (exact) mass is 311 g/mol. The Balaban J connectivity index is 1.75. The van der Waals surface area contributed by atoms with Crippen molar-refractivity contribution >= 4 is 23.6 Å². The van der Waals surface area contributed by atoms with E-state index in [1.165, 1.54) is 12.3 Å². The van der Waals surface area contributed by atoms with Gasteiger partial charge in [-0.25, -0.2) is 5.43 Å². The highest BCUT2D eigenvalue weighted by Gasteiger charge is 2.04. The van der Waals surface area contributed by atoms with Crippen LogP contribution < -0.4 is 10.7 Å². The zero-order valence-electron chi connectivity index (χ0n) is 12.7. The van der Waals surface area contributed by atoms with Crippen molar-refractivity contribution in [2.24, 2.45) is 5.10 Å². The topological polar surface area (TPSA) is 83.7 Å². The minimum atomic E-state index is -0.419. The van der Waals surface area contributed by atoms with Crippen LogP contribution in [0, 0.1) is 0 Å². The summed E-state index contributed by atoms with van der Waals surface area (Å²) >= 11 is 0. The first-order valence-electron chi connectivity index (χ1n) is 7.03. The fourth-order valence-electron chi connectivity index (χ4n) is 1.69. The van der Waals surface area contributed by atoms with Crippen LogP contribution in [0.25, 0.3) is 6.08 Å². The van der Waals surface area contributed by atoms with Gasteiger partial charge in [0, 0.05) is 6.08 Å². The van der Waals surface area contributed by atoms with Crippen LogP contribution in [-0.2, 0) is 9.59 Å². The van der Waals surface area contributed by atoms with Gasteiger partial charge in [-0.1, -0.05) is 30.3 Å². The van der Waals surface area contributed by atoms with Gasteiger partial charge in [0.15, 0.2) is 0 Å². The molecule has 2 amide bonds. The number of benzene rings is 1. The number of nitrogens with one attached hydrogen (secondary N) is 2. The highest BCUT2D eigenvalue weighted by molar-refractivity contribution is 5.97. The van der Waals surface area contributed by atoms with Crippen LogP contribution in [0.15, 0.2) is 64.3 Å². The lowest BCUT2D eigenvalue weighted by Crippen LogP contribution is -2.34. The summed E-state index contributed by atoms with van der Waals surface area (Å²) in [6.45, 7) is 1.55. The van der Waals surface area contributed by atoms with Crippen LogP contribution in [0.4, 0.5) is 0 Å². The smallest absolute Gasteiger partial charge is 0.259 e. The van der Waals surface area contributed by atoms with Gasteiger partial charge in [0.2, 0.25) is 5.91 Å². The van der Waals surface area contributed by atoms with Crippen LogP contribution >= 0.6 is 0 Å². The van der Waals surface area contributed by atoms with Gasteiger partial charge >= 0.3 is 0 Å².